The first-order valence-electron chi connectivity index (χ1n) is 8.60. The molecular formula is C21H22O4. The fourth-order valence-corrected chi connectivity index (χ4v) is 3.15. The average molecular weight is 338 g/mol. The standard InChI is InChI=1S/C21H22O4/c1-4-24-20(22)13(2)14(3)25-21(23)18-11-7-10-17-16-9-6-5-8-15(16)12-19(17)18/h5-11,13-14H,4,12H2,1-3H3. The van der Waals surface area contributed by atoms with Crippen LogP contribution in [0.3, 0.4) is 0 Å². The molecule has 25 heavy (non-hydrogen) atoms. The van der Waals surface area contributed by atoms with E-state index in [0.717, 1.165) is 17.5 Å². The molecule has 1 aliphatic carbocycles. The molecule has 130 valence electrons. The molecule has 0 saturated heterocycles. The Kier molecular flexibility index (Phi) is 4.88. The van der Waals surface area contributed by atoms with Gasteiger partial charge in [0.25, 0.3) is 0 Å². The molecule has 2 aromatic rings. The van der Waals surface area contributed by atoms with Crippen LogP contribution in [0.25, 0.3) is 11.1 Å². The van der Waals surface area contributed by atoms with Crippen LogP contribution < -0.4 is 0 Å². The number of benzene rings is 2. The van der Waals surface area contributed by atoms with Gasteiger partial charge in [0.05, 0.1) is 18.1 Å². The van der Waals surface area contributed by atoms with Crippen molar-refractivity contribution in [3.63, 3.8) is 0 Å². The molecule has 0 fully saturated rings. The zero-order valence-corrected chi connectivity index (χ0v) is 14.7. The first kappa shape index (κ1) is 17.2. The lowest BCUT2D eigenvalue weighted by Crippen LogP contribution is -2.29. The van der Waals surface area contributed by atoms with Gasteiger partial charge in [-0.2, -0.15) is 0 Å². The van der Waals surface area contributed by atoms with E-state index in [9.17, 15) is 9.59 Å². The SMILES string of the molecule is CCOC(=O)C(C)C(C)OC(=O)c1cccc2c1Cc1ccccc1-2. The lowest BCUT2D eigenvalue weighted by molar-refractivity contribution is -0.150. The third kappa shape index (κ3) is 3.29. The van der Waals surface area contributed by atoms with Gasteiger partial charge < -0.3 is 9.47 Å². The molecule has 0 bridgehead atoms. The number of carbonyl (C=O) groups excluding carboxylic acids is 2. The maximum Gasteiger partial charge on any atom is 0.338 e. The number of fused-ring (bicyclic) bond motifs is 3. The third-order valence-electron chi connectivity index (χ3n) is 4.73. The fraction of sp³-hybridized carbons (Fsp3) is 0.333. The Balaban J connectivity index is 1.80. The molecule has 4 heteroatoms. The van der Waals surface area contributed by atoms with Crippen LogP contribution in [0.15, 0.2) is 42.5 Å². The van der Waals surface area contributed by atoms with E-state index in [1.165, 1.54) is 11.1 Å². The summed E-state index contributed by atoms with van der Waals surface area (Å²) in [7, 11) is 0. The van der Waals surface area contributed by atoms with Gasteiger partial charge in [0.15, 0.2) is 0 Å². The van der Waals surface area contributed by atoms with Gasteiger partial charge in [0.2, 0.25) is 0 Å². The van der Waals surface area contributed by atoms with E-state index in [0.29, 0.717) is 12.2 Å². The van der Waals surface area contributed by atoms with E-state index in [1.807, 2.05) is 24.3 Å². The smallest absolute Gasteiger partial charge is 0.338 e. The van der Waals surface area contributed by atoms with Crippen molar-refractivity contribution in [2.24, 2.45) is 5.92 Å². The van der Waals surface area contributed by atoms with E-state index in [4.69, 9.17) is 9.47 Å². The molecular weight excluding hydrogens is 316 g/mol. The van der Waals surface area contributed by atoms with E-state index < -0.39 is 18.0 Å². The second-order valence-electron chi connectivity index (χ2n) is 6.32. The first-order valence-corrected chi connectivity index (χ1v) is 8.60. The van der Waals surface area contributed by atoms with Crippen molar-refractivity contribution in [3.05, 3.63) is 59.2 Å². The zero-order chi connectivity index (χ0) is 18.0. The molecule has 4 nitrogen and oxygen atoms in total. The summed E-state index contributed by atoms with van der Waals surface area (Å²) in [6.07, 6.45) is 0.171. The van der Waals surface area contributed by atoms with Crippen molar-refractivity contribution in [2.75, 3.05) is 6.61 Å². The minimum atomic E-state index is -0.550. The Hall–Kier alpha value is -2.62. The van der Waals surface area contributed by atoms with Crippen LogP contribution in [0.2, 0.25) is 0 Å². The maximum absolute atomic E-state index is 12.7. The number of hydrogen-bond acceptors (Lipinski definition) is 4. The van der Waals surface area contributed by atoms with Crippen molar-refractivity contribution < 1.29 is 19.1 Å². The lowest BCUT2D eigenvalue weighted by Gasteiger charge is -2.19. The van der Waals surface area contributed by atoms with Crippen LogP contribution in [0, 0.1) is 5.92 Å². The van der Waals surface area contributed by atoms with E-state index in [2.05, 4.69) is 12.1 Å². The molecule has 2 unspecified atom stereocenters. The monoisotopic (exact) mass is 338 g/mol. The predicted molar refractivity (Wildman–Crippen MR) is 95.4 cm³/mol. The molecule has 0 saturated carbocycles. The summed E-state index contributed by atoms with van der Waals surface area (Å²) in [4.78, 5) is 24.5. The van der Waals surface area contributed by atoms with Crippen molar-refractivity contribution in [1.82, 2.24) is 0 Å². The number of ether oxygens (including phenoxy) is 2. The highest BCUT2D eigenvalue weighted by molar-refractivity contribution is 5.95. The molecule has 0 aromatic heterocycles. The average Bonchev–Trinajstić information content (AvgIpc) is 2.99. The number of carbonyl (C=O) groups is 2. The molecule has 2 atom stereocenters. The number of rotatable bonds is 5. The Labute approximate surface area is 147 Å². The third-order valence-corrected chi connectivity index (χ3v) is 4.73. The van der Waals surface area contributed by atoms with Gasteiger partial charge in [0.1, 0.15) is 6.10 Å². The zero-order valence-electron chi connectivity index (χ0n) is 14.7. The highest BCUT2D eigenvalue weighted by Crippen LogP contribution is 2.38. The Bertz CT molecular complexity index is 809. The van der Waals surface area contributed by atoms with Crippen LogP contribution in [-0.2, 0) is 20.7 Å². The molecule has 0 radical (unpaired) electrons. The van der Waals surface area contributed by atoms with Crippen LogP contribution in [0.1, 0.15) is 42.3 Å². The Morgan fingerprint density at radius 1 is 1.04 bits per heavy atom. The second-order valence-corrected chi connectivity index (χ2v) is 6.32. The Morgan fingerprint density at radius 2 is 1.76 bits per heavy atom. The minimum Gasteiger partial charge on any atom is -0.466 e. The van der Waals surface area contributed by atoms with Crippen molar-refractivity contribution in [2.45, 2.75) is 33.3 Å². The van der Waals surface area contributed by atoms with Crippen LogP contribution in [0.5, 0.6) is 0 Å². The molecule has 1 aliphatic rings. The topological polar surface area (TPSA) is 52.6 Å². The number of esters is 2. The first-order chi connectivity index (χ1) is 12.0. The molecule has 3 rings (SSSR count). The van der Waals surface area contributed by atoms with Crippen LogP contribution >= 0.6 is 0 Å². The van der Waals surface area contributed by atoms with Gasteiger partial charge in [-0.1, -0.05) is 36.4 Å². The van der Waals surface area contributed by atoms with E-state index in [1.54, 1.807) is 26.8 Å². The van der Waals surface area contributed by atoms with Crippen molar-refractivity contribution in [3.8, 4) is 11.1 Å². The van der Waals surface area contributed by atoms with Gasteiger partial charge in [-0.05, 0) is 55.5 Å². The predicted octanol–water partition coefficient (Wildman–Crippen LogP) is 4.00. The molecule has 0 amide bonds. The summed E-state index contributed by atoms with van der Waals surface area (Å²) in [5, 5.41) is 0. The molecule has 0 heterocycles. The summed E-state index contributed by atoms with van der Waals surface area (Å²) in [6, 6.07) is 13.8. The van der Waals surface area contributed by atoms with Crippen LogP contribution in [-0.4, -0.2) is 24.6 Å². The highest BCUT2D eigenvalue weighted by atomic mass is 16.6. The fourth-order valence-electron chi connectivity index (χ4n) is 3.15. The van der Waals surface area contributed by atoms with Gasteiger partial charge >= 0.3 is 11.9 Å². The summed E-state index contributed by atoms with van der Waals surface area (Å²) in [5.74, 6) is -1.25. The van der Waals surface area contributed by atoms with Gasteiger partial charge in [-0.15, -0.1) is 0 Å². The van der Waals surface area contributed by atoms with E-state index >= 15 is 0 Å². The van der Waals surface area contributed by atoms with E-state index in [-0.39, 0.29) is 5.97 Å². The normalized spacial score (nSPS) is 14.2. The molecule has 0 spiro atoms. The molecule has 2 aromatic carbocycles. The summed E-state index contributed by atoms with van der Waals surface area (Å²) < 4.78 is 10.5. The summed E-state index contributed by atoms with van der Waals surface area (Å²) >= 11 is 0. The van der Waals surface area contributed by atoms with Gasteiger partial charge in [-0.3, -0.25) is 4.79 Å². The summed E-state index contributed by atoms with van der Waals surface area (Å²) in [6.45, 7) is 5.50. The quantitative estimate of drug-likeness (QED) is 0.660. The number of hydrogen-bond donors (Lipinski definition) is 0. The maximum atomic E-state index is 12.7. The van der Waals surface area contributed by atoms with Crippen molar-refractivity contribution >= 4 is 11.9 Å². The highest BCUT2D eigenvalue weighted by Gasteiger charge is 2.28. The summed E-state index contributed by atoms with van der Waals surface area (Å²) in [5.41, 5.74) is 5.02. The molecule has 0 N–H and O–H groups in total. The Morgan fingerprint density at radius 3 is 2.52 bits per heavy atom. The second kappa shape index (κ2) is 7.09. The largest absolute Gasteiger partial charge is 0.466 e. The van der Waals surface area contributed by atoms with Crippen LogP contribution in [0.4, 0.5) is 0 Å². The van der Waals surface area contributed by atoms with Gasteiger partial charge in [0, 0.05) is 0 Å². The van der Waals surface area contributed by atoms with Crippen molar-refractivity contribution in [1.29, 1.82) is 0 Å². The molecule has 0 aliphatic heterocycles. The van der Waals surface area contributed by atoms with Gasteiger partial charge in [-0.25, -0.2) is 4.79 Å². The minimum absolute atomic E-state index is 0.314. The lowest BCUT2D eigenvalue weighted by atomic mass is 10.0.